The van der Waals surface area contributed by atoms with Gasteiger partial charge in [-0.3, -0.25) is 4.79 Å². The van der Waals surface area contributed by atoms with Crippen LogP contribution in [-0.4, -0.2) is 11.6 Å². The Kier molecular flexibility index (Phi) is 4.37. The van der Waals surface area contributed by atoms with E-state index in [1.165, 1.54) is 11.8 Å². The molecule has 1 fully saturated rings. The number of amides is 1. The maximum Gasteiger partial charge on any atom is 0.274 e. The molecule has 4 nitrogen and oxygen atoms in total. The van der Waals surface area contributed by atoms with Crippen molar-refractivity contribution in [2.24, 2.45) is 5.10 Å². The molecule has 0 unspecified atom stereocenters. The maximum absolute atomic E-state index is 12.0. The van der Waals surface area contributed by atoms with E-state index in [9.17, 15) is 4.79 Å². The van der Waals surface area contributed by atoms with Gasteiger partial charge in [0, 0.05) is 5.71 Å². The molecule has 1 saturated carbocycles. The first-order valence-electron chi connectivity index (χ1n) is 7.69. The third-order valence-corrected chi connectivity index (χ3v) is 4.25. The summed E-state index contributed by atoms with van der Waals surface area (Å²) in [5.41, 5.74) is 5.66. The van der Waals surface area contributed by atoms with E-state index in [1.54, 1.807) is 13.0 Å². The van der Waals surface area contributed by atoms with Gasteiger partial charge < -0.3 is 4.42 Å². The van der Waals surface area contributed by atoms with Crippen molar-refractivity contribution < 1.29 is 9.21 Å². The predicted molar refractivity (Wildman–Crippen MR) is 86.0 cm³/mol. The van der Waals surface area contributed by atoms with Crippen LogP contribution in [-0.2, 0) is 0 Å². The van der Waals surface area contributed by atoms with E-state index < -0.39 is 0 Å². The summed E-state index contributed by atoms with van der Waals surface area (Å²) in [6.07, 6.45) is 5.56. The highest BCUT2D eigenvalue weighted by Crippen LogP contribution is 2.31. The van der Waals surface area contributed by atoms with Gasteiger partial charge in [0.15, 0.2) is 0 Å². The van der Waals surface area contributed by atoms with E-state index in [-0.39, 0.29) is 5.91 Å². The summed E-state index contributed by atoms with van der Waals surface area (Å²) < 4.78 is 5.13. The molecule has 1 aliphatic carbocycles. The van der Waals surface area contributed by atoms with Crippen LogP contribution < -0.4 is 5.43 Å². The van der Waals surface area contributed by atoms with E-state index in [0.717, 1.165) is 31.4 Å². The van der Waals surface area contributed by atoms with Crippen LogP contribution in [0.4, 0.5) is 0 Å². The van der Waals surface area contributed by atoms with E-state index >= 15 is 0 Å². The molecule has 0 saturated heterocycles. The molecule has 114 valence electrons. The second-order valence-corrected chi connectivity index (χ2v) is 5.69. The lowest BCUT2D eigenvalue weighted by atomic mass is 9.83. The summed E-state index contributed by atoms with van der Waals surface area (Å²) in [6.45, 7) is 1.77. The molecule has 1 N–H and O–H groups in total. The van der Waals surface area contributed by atoms with Gasteiger partial charge in [0.05, 0.1) is 11.8 Å². The first kappa shape index (κ1) is 14.6. The largest absolute Gasteiger partial charge is 0.469 e. The minimum absolute atomic E-state index is 0.205. The average molecular weight is 296 g/mol. The molecule has 1 heterocycles. The van der Waals surface area contributed by atoms with Crippen LogP contribution in [0.25, 0.3) is 0 Å². The molecule has 0 aliphatic heterocycles. The first-order valence-corrected chi connectivity index (χ1v) is 7.69. The molecular formula is C18H20N2O2. The lowest BCUT2D eigenvalue weighted by Gasteiger charge is -2.23. The highest BCUT2D eigenvalue weighted by atomic mass is 16.3. The number of nitrogens with one attached hydrogen (secondary N) is 1. The van der Waals surface area contributed by atoms with Crippen molar-refractivity contribution in [3.8, 4) is 0 Å². The van der Waals surface area contributed by atoms with E-state index in [2.05, 4.69) is 34.8 Å². The smallest absolute Gasteiger partial charge is 0.274 e. The summed E-state index contributed by atoms with van der Waals surface area (Å²) in [5, 5.41) is 4.28. The van der Waals surface area contributed by atoms with Crippen molar-refractivity contribution in [3.05, 3.63) is 59.5 Å². The van der Waals surface area contributed by atoms with Crippen LogP contribution in [0.3, 0.4) is 0 Å². The molecular weight excluding hydrogens is 276 g/mol. The molecule has 1 aromatic carbocycles. The lowest BCUT2D eigenvalue weighted by molar-refractivity contribution is 0.0953. The number of carbonyl (C=O) groups is 1. The molecule has 0 spiro atoms. The van der Waals surface area contributed by atoms with Crippen LogP contribution in [0.1, 0.15) is 53.3 Å². The fourth-order valence-electron chi connectivity index (χ4n) is 2.93. The fourth-order valence-corrected chi connectivity index (χ4v) is 2.93. The van der Waals surface area contributed by atoms with Crippen molar-refractivity contribution in [3.63, 3.8) is 0 Å². The van der Waals surface area contributed by atoms with Gasteiger partial charge in [0.2, 0.25) is 0 Å². The van der Waals surface area contributed by atoms with Crippen molar-refractivity contribution >= 4 is 11.6 Å². The number of furan rings is 1. The minimum Gasteiger partial charge on any atom is -0.469 e. The second-order valence-electron chi connectivity index (χ2n) is 5.69. The summed E-state index contributed by atoms with van der Waals surface area (Å²) in [5.74, 6) is 1.02. The first-order chi connectivity index (χ1) is 10.7. The Morgan fingerprint density at radius 1 is 1.18 bits per heavy atom. The number of hydrogen-bond donors (Lipinski definition) is 1. The minimum atomic E-state index is -0.205. The van der Waals surface area contributed by atoms with Gasteiger partial charge in [-0.2, -0.15) is 5.10 Å². The van der Waals surface area contributed by atoms with Gasteiger partial charge in [0.25, 0.3) is 5.91 Å². The molecule has 0 atom stereocenters. The number of nitrogens with zero attached hydrogens (tertiary/aromatic N) is 1. The van der Waals surface area contributed by atoms with Crippen LogP contribution >= 0.6 is 0 Å². The topological polar surface area (TPSA) is 54.6 Å². The molecule has 1 amide bonds. The third kappa shape index (κ3) is 3.27. The molecule has 3 rings (SSSR count). The quantitative estimate of drug-likeness (QED) is 0.869. The molecule has 0 radical (unpaired) electrons. The van der Waals surface area contributed by atoms with Gasteiger partial charge in [-0.1, -0.05) is 30.3 Å². The number of hydrogen-bond acceptors (Lipinski definition) is 3. The normalized spacial score (nSPS) is 18.0. The summed E-state index contributed by atoms with van der Waals surface area (Å²) in [4.78, 5) is 12.0. The molecule has 1 aliphatic rings. The monoisotopic (exact) mass is 296 g/mol. The van der Waals surface area contributed by atoms with Crippen LogP contribution in [0, 0.1) is 6.92 Å². The Morgan fingerprint density at radius 3 is 2.55 bits per heavy atom. The van der Waals surface area contributed by atoms with E-state index in [1.807, 2.05) is 6.07 Å². The SMILES string of the molecule is Cc1occc1C(=O)NN=C1CCC(c2ccccc2)CC1. The Bertz CT molecular complexity index is 663. The van der Waals surface area contributed by atoms with Crippen molar-refractivity contribution in [2.75, 3.05) is 0 Å². The summed E-state index contributed by atoms with van der Waals surface area (Å²) >= 11 is 0. The number of aryl methyl sites for hydroxylation is 1. The van der Waals surface area contributed by atoms with Crippen molar-refractivity contribution in [2.45, 2.75) is 38.5 Å². The highest BCUT2D eigenvalue weighted by molar-refractivity contribution is 5.96. The van der Waals surface area contributed by atoms with Crippen LogP contribution in [0.2, 0.25) is 0 Å². The molecule has 0 bridgehead atoms. The van der Waals surface area contributed by atoms with Gasteiger partial charge in [-0.25, -0.2) is 5.43 Å². The van der Waals surface area contributed by atoms with Gasteiger partial charge in [-0.05, 0) is 50.2 Å². The standard InChI is InChI=1S/C18H20N2O2/c1-13-17(11-12-22-13)18(21)20-19-16-9-7-15(8-10-16)14-5-3-2-4-6-14/h2-6,11-12,15H,7-10H2,1H3,(H,20,21). The Morgan fingerprint density at radius 2 is 1.91 bits per heavy atom. The zero-order chi connectivity index (χ0) is 15.4. The zero-order valence-corrected chi connectivity index (χ0v) is 12.7. The van der Waals surface area contributed by atoms with Crippen molar-refractivity contribution in [1.82, 2.24) is 5.43 Å². The Hall–Kier alpha value is -2.36. The van der Waals surface area contributed by atoms with E-state index in [4.69, 9.17) is 4.42 Å². The van der Waals surface area contributed by atoms with E-state index in [0.29, 0.717) is 17.2 Å². The number of hydrazone groups is 1. The average Bonchev–Trinajstić information content (AvgIpc) is 3.00. The predicted octanol–water partition coefficient (Wildman–Crippen LogP) is 4.03. The van der Waals surface area contributed by atoms with Crippen molar-refractivity contribution in [1.29, 1.82) is 0 Å². The molecule has 4 heteroatoms. The highest BCUT2D eigenvalue weighted by Gasteiger charge is 2.19. The van der Waals surface area contributed by atoms with Gasteiger partial charge in [0.1, 0.15) is 5.76 Å². The summed E-state index contributed by atoms with van der Waals surface area (Å²) in [7, 11) is 0. The zero-order valence-electron chi connectivity index (χ0n) is 12.7. The second kappa shape index (κ2) is 6.60. The number of rotatable bonds is 3. The molecule has 1 aromatic heterocycles. The number of benzene rings is 1. The fraction of sp³-hybridized carbons (Fsp3) is 0.333. The van der Waals surface area contributed by atoms with Crippen LogP contribution in [0.5, 0.6) is 0 Å². The Balaban J connectivity index is 1.55. The summed E-state index contributed by atoms with van der Waals surface area (Å²) in [6, 6.07) is 12.3. The molecule has 22 heavy (non-hydrogen) atoms. The van der Waals surface area contributed by atoms with Gasteiger partial charge in [-0.15, -0.1) is 0 Å². The van der Waals surface area contributed by atoms with Gasteiger partial charge >= 0.3 is 0 Å². The maximum atomic E-state index is 12.0. The number of carbonyl (C=O) groups excluding carboxylic acids is 1. The Labute approximate surface area is 130 Å². The lowest BCUT2D eigenvalue weighted by Crippen LogP contribution is -2.22. The van der Waals surface area contributed by atoms with Crippen LogP contribution in [0.15, 0.2) is 52.2 Å². The third-order valence-electron chi connectivity index (χ3n) is 4.25. The molecule has 2 aromatic rings.